The third kappa shape index (κ3) is 3.43. The molecule has 0 radical (unpaired) electrons. The van der Waals surface area contributed by atoms with E-state index in [-0.39, 0.29) is 11.9 Å². The van der Waals surface area contributed by atoms with Crippen molar-refractivity contribution >= 4 is 11.3 Å². The van der Waals surface area contributed by atoms with Crippen molar-refractivity contribution in [2.45, 2.75) is 33.2 Å². The van der Waals surface area contributed by atoms with Gasteiger partial charge in [-0.25, -0.2) is 4.39 Å². The van der Waals surface area contributed by atoms with Gasteiger partial charge in [0.25, 0.3) is 0 Å². The minimum atomic E-state index is -0.139. The maximum Gasteiger partial charge on any atom is 0.126 e. The molecule has 0 bridgehead atoms. The quantitative estimate of drug-likeness (QED) is 0.842. The Kier molecular flexibility index (Phi) is 4.72. The van der Waals surface area contributed by atoms with Crippen molar-refractivity contribution in [3.63, 3.8) is 0 Å². The molecule has 1 aromatic heterocycles. The maximum atomic E-state index is 13.4. The van der Waals surface area contributed by atoms with Crippen LogP contribution < -0.4 is 5.32 Å². The van der Waals surface area contributed by atoms with Gasteiger partial charge in [-0.1, -0.05) is 19.1 Å². The van der Waals surface area contributed by atoms with Crippen LogP contribution in [0.1, 0.15) is 40.3 Å². The van der Waals surface area contributed by atoms with E-state index in [0.29, 0.717) is 5.56 Å². The largest absolute Gasteiger partial charge is 0.306 e. The number of rotatable bonds is 5. The highest BCUT2D eigenvalue weighted by molar-refractivity contribution is 7.12. The number of thiophene rings is 1. The third-order valence-electron chi connectivity index (χ3n) is 3.16. The first-order valence-corrected chi connectivity index (χ1v) is 7.49. The van der Waals surface area contributed by atoms with E-state index in [1.807, 2.05) is 19.1 Å². The average Bonchev–Trinajstić information content (AvgIpc) is 2.80. The van der Waals surface area contributed by atoms with Gasteiger partial charge in [-0.05, 0) is 56.1 Å². The first kappa shape index (κ1) is 14.2. The van der Waals surface area contributed by atoms with Crippen molar-refractivity contribution in [3.05, 3.63) is 57.0 Å². The van der Waals surface area contributed by atoms with Gasteiger partial charge in [-0.15, -0.1) is 11.3 Å². The Morgan fingerprint density at radius 2 is 2.00 bits per heavy atom. The van der Waals surface area contributed by atoms with E-state index < -0.39 is 0 Å². The standard InChI is InChI=1S/C16H20FNS/c1-4-9-18-16(15-8-5-12(3)19-15)13-6-7-14(17)11(2)10-13/h5-8,10,16,18H,4,9H2,1-3H3. The lowest BCUT2D eigenvalue weighted by Gasteiger charge is -2.18. The van der Waals surface area contributed by atoms with Crippen LogP contribution in [0, 0.1) is 19.7 Å². The first-order chi connectivity index (χ1) is 9.11. The highest BCUT2D eigenvalue weighted by Gasteiger charge is 2.15. The summed E-state index contributed by atoms with van der Waals surface area (Å²) in [7, 11) is 0. The summed E-state index contributed by atoms with van der Waals surface area (Å²) in [6.45, 7) is 7.04. The van der Waals surface area contributed by atoms with Crippen molar-refractivity contribution in [2.24, 2.45) is 0 Å². The zero-order valence-corrected chi connectivity index (χ0v) is 12.5. The Morgan fingerprint density at radius 1 is 1.21 bits per heavy atom. The van der Waals surface area contributed by atoms with Gasteiger partial charge in [0.2, 0.25) is 0 Å². The molecule has 1 N–H and O–H groups in total. The fourth-order valence-corrected chi connectivity index (χ4v) is 3.11. The minimum Gasteiger partial charge on any atom is -0.306 e. The van der Waals surface area contributed by atoms with E-state index in [1.165, 1.54) is 9.75 Å². The van der Waals surface area contributed by atoms with Gasteiger partial charge in [0.05, 0.1) is 6.04 Å². The second-order valence-corrected chi connectivity index (χ2v) is 6.16. The maximum absolute atomic E-state index is 13.4. The number of hydrogen-bond donors (Lipinski definition) is 1. The van der Waals surface area contributed by atoms with Crippen LogP contribution >= 0.6 is 11.3 Å². The number of hydrogen-bond acceptors (Lipinski definition) is 2. The molecule has 3 heteroatoms. The zero-order chi connectivity index (χ0) is 13.8. The number of halogens is 1. The minimum absolute atomic E-state index is 0.139. The molecule has 0 saturated heterocycles. The van der Waals surface area contributed by atoms with E-state index in [9.17, 15) is 4.39 Å². The summed E-state index contributed by atoms with van der Waals surface area (Å²) in [4.78, 5) is 2.59. The van der Waals surface area contributed by atoms with Crippen molar-refractivity contribution in [2.75, 3.05) is 6.54 Å². The van der Waals surface area contributed by atoms with Crippen LogP contribution in [0.5, 0.6) is 0 Å². The highest BCUT2D eigenvalue weighted by Crippen LogP contribution is 2.29. The molecule has 1 unspecified atom stereocenters. The summed E-state index contributed by atoms with van der Waals surface area (Å²) < 4.78 is 13.4. The van der Waals surface area contributed by atoms with Crippen LogP contribution in [0.25, 0.3) is 0 Å². The molecule has 2 rings (SSSR count). The molecule has 19 heavy (non-hydrogen) atoms. The summed E-state index contributed by atoms with van der Waals surface area (Å²) in [5, 5.41) is 3.55. The van der Waals surface area contributed by atoms with Crippen molar-refractivity contribution < 1.29 is 4.39 Å². The molecular weight excluding hydrogens is 257 g/mol. The molecule has 0 aliphatic rings. The monoisotopic (exact) mass is 277 g/mol. The predicted octanol–water partition coefficient (Wildman–Crippen LogP) is 4.59. The van der Waals surface area contributed by atoms with Gasteiger partial charge in [0.15, 0.2) is 0 Å². The molecule has 0 spiro atoms. The van der Waals surface area contributed by atoms with Gasteiger partial charge in [0.1, 0.15) is 5.82 Å². The van der Waals surface area contributed by atoms with Crippen LogP contribution in [-0.2, 0) is 0 Å². The molecule has 0 saturated carbocycles. The Bertz CT molecular complexity index is 547. The van der Waals surface area contributed by atoms with Crippen LogP contribution in [0.3, 0.4) is 0 Å². The van der Waals surface area contributed by atoms with Crippen LogP contribution in [0.15, 0.2) is 30.3 Å². The van der Waals surface area contributed by atoms with E-state index in [2.05, 4.69) is 31.3 Å². The molecule has 2 aromatic rings. The van der Waals surface area contributed by atoms with Crippen molar-refractivity contribution in [1.29, 1.82) is 0 Å². The lowest BCUT2D eigenvalue weighted by molar-refractivity contribution is 0.595. The molecule has 0 amide bonds. The van der Waals surface area contributed by atoms with E-state index in [0.717, 1.165) is 18.5 Å². The van der Waals surface area contributed by atoms with Crippen molar-refractivity contribution in [1.82, 2.24) is 5.32 Å². The fraction of sp³-hybridized carbons (Fsp3) is 0.375. The zero-order valence-electron chi connectivity index (χ0n) is 11.7. The molecule has 0 aliphatic heterocycles. The fourth-order valence-electron chi connectivity index (χ4n) is 2.13. The Balaban J connectivity index is 2.33. The Hall–Kier alpha value is -1.19. The molecule has 1 atom stereocenters. The molecule has 0 fully saturated rings. The Labute approximate surface area is 118 Å². The topological polar surface area (TPSA) is 12.0 Å². The molecule has 1 aromatic carbocycles. The lowest BCUT2D eigenvalue weighted by Crippen LogP contribution is -2.22. The highest BCUT2D eigenvalue weighted by atomic mass is 32.1. The average molecular weight is 277 g/mol. The second kappa shape index (κ2) is 6.31. The van der Waals surface area contributed by atoms with Crippen molar-refractivity contribution in [3.8, 4) is 0 Å². The predicted molar refractivity (Wildman–Crippen MR) is 80.3 cm³/mol. The van der Waals surface area contributed by atoms with Crippen LogP contribution in [0.4, 0.5) is 4.39 Å². The van der Waals surface area contributed by atoms with Gasteiger partial charge in [0, 0.05) is 9.75 Å². The summed E-state index contributed by atoms with van der Waals surface area (Å²) in [5.41, 5.74) is 1.84. The summed E-state index contributed by atoms with van der Waals surface area (Å²) in [6.07, 6.45) is 1.08. The molecule has 0 aliphatic carbocycles. The first-order valence-electron chi connectivity index (χ1n) is 6.67. The second-order valence-electron chi connectivity index (χ2n) is 4.84. The number of aryl methyl sites for hydroxylation is 2. The number of nitrogens with one attached hydrogen (secondary N) is 1. The smallest absolute Gasteiger partial charge is 0.126 e. The third-order valence-corrected chi connectivity index (χ3v) is 4.23. The Morgan fingerprint density at radius 3 is 2.58 bits per heavy atom. The van der Waals surface area contributed by atoms with Gasteiger partial charge in [-0.2, -0.15) is 0 Å². The van der Waals surface area contributed by atoms with E-state index in [4.69, 9.17) is 0 Å². The van der Waals surface area contributed by atoms with Crippen LogP contribution in [0.2, 0.25) is 0 Å². The van der Waals surface area contributed by atoms with Gasteiger partial charge >= 0.3 is 0 Å². The molecular formula is C16H20FNS. The van der Waals surface area contributed by atoms with Gasteiger partial charge in [-0.3, -0.25) is 0 Å². The molecule has 1 heterocycles. The molecule has 1 nitrogen and oxygen atoms in total. The lowest BCUT2D eigenvalue weighted by atomic mass is 10.0. The van der Waals surface area contributed by atoms with E-state index >= 15 is 0 Å². The summed E-state index contributed by atoms with van der Waals surface area (Å²) in [6, 6.07) is 9.84. The van der Waals surface area contributed by atoms with E-state index in [1.54, 1.807) is 17.4 Å². The normalized spacial score (nSPS) is 12.6. The van der Waals surface area contributed by atoms with Gasteiger partial charge < -0.3 is 5.32 Å². The van der Waals surface area contributed by atoms with Crippen LogP contribution in [-0.4, -0.2) is 6.54 Å². The number of benzene rings is 1. The summed E-state index contributed by atoms with van der Waals surface area (Å²) >= 11 is 1.79. The SMILES string of the molecule is CCCNC(c1ccc(F)c(C)c1)c1ccc(C)s1. The summed E-state index contributed by atoms with van der Waals surface area (Å²) in [5.74, 6) is -0.139. The molecule has 102 valence electrons.